The second-order valence-electron chi connectivity index (χ2n) is 6.14. The van der Waals surface area contributed by atoms with Crippen LogP contribution in [0.15, 0.2) is 23.1 Å². The van der Waals surface area contributed by atoms with Crippen molar-refractivity contribution in [2.45, 2.75) is 18.7 Å². The minimum Gasteiger partial charge on any atom is -0.376 e. The Morgan fingerprint density at radius 3 is 2.22 bits per heavy atom. The molecule has 0 atom stereocenters. The average Bonchev–Trinajstić information content (AvgIpc) is 2.60. The lowest BCUT2D eigenvalue weighted by atomic mass is 10.2. The summed E-state index contributed by atoms with van der Waals surface area (Å²) in [5.41, 5.74) is 1.17. The van der Waals surface area contributed by atoms with Crippen LogP contribution in [0.1, 0.15) is 13.8 Å². The molecule has 27 heavy (non-hydrogen) atoms. The molecule has 7 nitrogen and oxygen atoms in total. The van der Waals surface area contributed by atoms with Gasteiger partial charge in [0.2, 0.25) is 15.9 Å². The van der Waals surface area contributed by atoms with E-state index < -0.39 is 10.0 Å². The number of rotatable bonds is 8. The zero-order valence-corrected chi connectivity index (χ0v) is 19.1. The first-order valence-electron chi connectivity index (χ1n) is 8.50. The molecule has 1 N–H and O–H groups in total. The van der Waals surface area contributed by atoms with Crippen LogP contribution in [0.3, 0.4) is 0 Å². The zero-order valence-electron chi connectivity index (χ0n) is 16.6. The number of nitrogens with zero attached hydrogens (tertiary/aromatic N) is 3. The van der Waals surface area contributed by atoms with Gasteiger partial charge in [0.1, 0.15) is 4.32 Å². The summed E-state index contributed by atoms with van der Waals surface area (Å²) in [7, 11) is 3.01. The Kier molecular flexibility index (Phi) is 9.00. The predicted octanol–water partition coefficient (Wildman–Crippen LogP) is 2.30. The minimum atomic E-state index is -3.59. The minimum absolute atomic E-state index is 0.125. The highest BCUT2D eigenvalue weighted by Gasteiger charge is 2.20. The van der Waals surface area contributed by atoms with Crippen LogP contribution < -0.4 is 10.2 Å². The lowest BCUT2D eigenvalue weighted by Gasteiger charge is -2.21. The van der Waals surface area contributed by atoms with Crippen molar-refractivity contribution in [3.63, 3.8) is 0 Å². The van der Waals surface area contributed by atoms with Crippen LogP contribution in [0.25, 0.3) is 0 Å². The Hall–Kier alpha value is -1.36. The Bertz CT molecular complexity index is 776. The van der Waals surface area contributed by atoms with Gasteiger partial charge in [-0.3, -0.25) is 4.79 Å². The number of benzene rings is 1. The van der Waals surface area contributed by atoms with Crippen molar-refractivity contribution in [2.24, 2.45) is 0 Å². The van der Waals surface area contributed by atoms with E-state index in [2.05, 4.69) is 5.32 Å². The van der Waals surface area contributed by atoms with Gasteiger partial charge in [-0.1, -0.05) is 24.0 Å². The molecule has 1 aromatic carbocycles. The largest absolute Gasteiger partial charge is 0.376 e. The first-order chi connectivity index (χ1) is 12.5. The van der Waals surface area contributed by atoms with E-state index in [1.54, 1.807) is 6.07 Å². The first kappa shape index (κ1) is 23.7. The van der Waals surface area contributed by atoms with E-state index in [1.807, 2.05) is 37.7 Å². The summed E-state index contributed by atoms with van der Waals surface area (Å²) < 4.78 is 26.6. The SMILES string of the molecule is CCN(CC)C(=S)SCC(=O)Nc1cc(S(=O)(=O)N(C)C)ccc1N(C)C. The van der Waals surface area contributed by atoms with Gasteiger partial charge >= 0.3 is 0 Å². The third kappa shape index (κ3) is 6.34. The van der Waals surface area contributed by atoms with Crippen LogP contribution in [0.2, 0.25) is 0 Å². The maximum Gasteiger partial charge on any atom is 0.242 e. The standard InChI is InChI=1S/C17H28N4O3S3/c1-7-21(8-2)17(25)26-12-16(22)18-14-11-13(27(23,24)20(5)6)9-10-15(14)19(3)4/h9-11H,7-8,12H2,1-6H3,(H,18,22). The highest BCUT2D eigenvalue weighted by molar-refractivity contribution is 8.23. The van der Waals surface area contributed by atoms with E-state index in [1.165, 1.54) is 38.0 Å². The van der Waals surface area contributed by atoms with E-state index in [4.69, 9.17) is 12.2 Å². The summed E-state index contributed by atoms with van der Waals surface area (Å²) in [6.45, 7) is 5.60. The Morgan fingerprint density at radius 2 is 1.74 bits per heavy atom. The molecule has 152 valence electrons. The summed E-state index contributed by atoms with van der Waals surface area (Å²) in [4.78, 5) is 16.3. The number of anilines is 2. The Labute approximate surface area is 172 Å². The Morgan fingerprint density at radius 1 is 1.15 bits per heavy atom. The molecule has 0 radical (unpaired) electrons. The number of carbonyl (C=O) groups is 1. The molecular formula is C17H28N4O3S3. The molecule has 10 heteroatoms. The molecule has 0 saturated carbocycles. The fourth-order valence-electron chi connectivity index (χ4n) is 2.26. The van der Waals surface area contributed by atoms with Gasteiger partial charge in [0.05, 0.1) is 22.0 Å². The average molecular weight is 433 g/mol. The van der Waals surface area contributed by atoms with Gasteiger partial charge in [-0.15, -0.1) is 0 Å². The van der Waals surface area contributed by atoms with Crippen LogP contribution in [0, 0.1) is 0 Å². The number of sulfonamides is 1. The van der Waals surface area contributed by atoms with E-state index in [0.717, 1.165) is 23.1 Å². The van der Waals surface area contributed by atoms with Gasteiger partial charge in [-0.2, -0.15) is 0 Å². The number of thioether (sulfide) groups is 1. The fourth-order valence-corrected chi connectivity index (χ4v) is 4.39. The van der Waals surface area contributed by atoms with Crippen molar-refractivity contribution in [1.82, 2.24) is 9.21 Å². The number of nitrogens with one attached hydrogen (secondary N) is 1. The maximum absolute atomic E-state index is 12.4. The molecule has 0 aromatic heterocycles. The van der Waals surface area contributed by atoms with E-state index in [-0.39, 0.29) is 16.6 Å². The Balaban J connectivity index is 3.00. The van der Waals surface area contributed by atoms with Crippen molar-refractivity contribution in [2.75, 3.05) is 57.2 Å². The molecular weight excluding hydrogens is 404 g/mol. The number of carbonyl (C=O) groups excluding carboxylic acids is 1. The lowest BCUT2D eigenvalue weighted by molar-refractivity contribution is -0.113. The third-order valence-corrected chi connectivity index (χ3v) is 7.19. The van der Waals surface area contributed by atoms with E-state index >= 15 is 0 Å². The topological polar surface area (TPSA) is 73.0 Å². The van der Waals surface area contributed by atoms with Crippen LogP contribution in [0.4, 0.5) is 11.4 Å². The summed E-state index contributed by atoms with van der Waals surface area (Å²) in [5, 5.41) is 2.81. The normalized spacial score (nSPS) is 11.4. The third-order valence-electron chi connectivity index (χ3n) is 3.85. The predicted molar refractivity (Wildman–Crippen MR) is 118 cm³/mol. The smallest absolute Gasteiger partial charge is 0.242 e. The number of hydrogen-bond acceptors (Lipinski definition) is 6. The van der Waals surface area contributed by atoms with Gasteiger partial charge in [0.15, 0.2) is 0 Å². The molecule has 1 aromatic rings. The highest BCUT2D eigenvalue weighted by Crippen LogP contribution is 2.28. The molecule has 0 fully saturated rings. The highest BCUT2D eigenvalue weighted by atomic mass is 32.2. The van der Waals surface area contributed by atoms with Gasteiger partial charge < -0.3 is 15.1 Å². The van der Waals surface area contributed by atoms with Gasteiger partial charge in [0, 0.05) is 41.3 Å². The van der Waals surface area contributed by atoms with Crippen molar-refractivity contribution < 1.29 is 13.2 Å². The second kappa shape index (κ2) is 10.3. The molecule has 0 saturated heterocycles. The van der Waals surface area contributed by atoms with Crippen LogP contribution in [-0.4, -0.2) is 74.9 Å². The van der Waals surface area contributed by atoms with Crippen LogP contribution in [-0.2, 0) is 14.8 Å². The molecule has 0 heterocycles. The molecule has 0 unspecified atom stereocenters. The monoisotopic (exact) mass is 432 g/mol. The summed E-state index contributed by atoms with van der Waals surface area (Å²) in [6, 6.07) is 4.69. The van der Waals surface area contributed by atoms with Crippen molar-refractivity contribution >= 4 is 55.6 Å². The molecule has 0 bridgehead atoms. The quantitative estimate of drug-likeness (QED) is 0.632. The van der Waals surface area contributed by atoms with Crippen LogP contribution in [0.5, 0.6) is 0 Å². The molecule has 1 rings (SSSR count). The number of thiocarbonyl (C=S) groups is 1. The molecule has 0 aliphatic heterocycles. The summed E-state index contributed by atoms with van der Waals surface area (Å²) in [6.07, 6.45) is 0. The maximum atomic E-state index is 12.4. The van der Waals surface area contributed by atoms with Crippen molar-refractivity contribution in [1.29, 1.82) is 0 Å². The van der Waals surface area contributed by atoms with E-state index in [0.29, 0.717) is 10.0 Å². The lowest BCUT2D eigenvalue weighted by Crippen LogP contribution is -2.28. The second-order valence-corrected chi connectivity index (χ2v) is 9.90. The van der Waals surface area contributed by atoms with Crippen LogP contribution >= 0.6 is 24.0 Å². The number of amides is 1. The van der Waals surface area contributed by atoms with Gasteiger partial charge in [0.25, 0.3) is 0 Å². The molecule has 0 spiro atoms. The molecule has 0 aliphatic rings. The molecule has 0 aliphatic carbocycles. The summed E-state index contributed by atoms with van der Waals surface area (Å²) in [5.74, 6) is -0.0793. The van der Waals surface area contributed by atoms with Gasteiger partial charge in [-0.25, -0.2) is 12.7 Å². The summed E-state index contributed by atoms with van der Waals surface area (Å²) >= 11 is 6.63. The first-order valence-corrected chi connectivity index (χ1v) is 11.3. The van der Waals surface area contributed by atoms with Gasteiger partial charge in [-0.05, 0) is 32.0 Å². The fraction of sp³-hybridized carbons (Fsp3) is 0.529. The van der Waals surface area contributed by atoms with E-state index in [9.17, 15) is 13.2 Å². The molecule has 1 amide bonds. The zero-order chi connectivity index (χ0) is 20.8. The number of hydrogen-bond donors (Lipinski definition) is 1. The van der Waals surface area contributed by atoms with Crippen molar-refractivity contribution in [3.05, 3.63) is 18.2 Å². The van der Waals surface area contributed by atoms with Crippen molar-refractivity contribution in [3.8, 4) is 0 Å².